The molecule has 25 heavy (non-hydrogen) atoms. The van der Waals surface area contributed by atoms with E-state index < -0.39 is 10.0 Å². The maximum absolute atomic E-state index is 12.6. The molecule has 2 aromatic rings. The minimum Gasteiger partial charge on any atom is -0.335 e. The number of rotatable bonds is 3. The van der Waals surface area contributed by atoms with Crippen molar-refractivity contribution < 1.29 is 13.2 Å². The smallest absolute Gasteiger partial charge is 0.274 e. The fraction of sp³-hybridized carbons (Fsp3) is 0.286. The lowest BCUT2D eigenvalue weighted by atomic mass is 10.3. The normalized spacial score (nSPS) is 16.2. The molecule has 1 aliphatic heterocycles. The van der Waals surface area contributed by atoms with E-state index >= 15 is 0 Å². The van der Waals surface area contributed by atoms with Crippen LogP contribution in [0, 0.1) is 0 Å². The molecule has 0 bridgehead atoms. The fourth-order valence-corrected chi connectivity index (χ4v) is 6.33. The molecule has 0 N–H and O–H groups in total. The molecule has 0 spiro atoms. The Labute approximate surface area is 167 Å². The van der Waals surface area contributed by atoms with Crippen molar-refractivity contribution >= 4 is 66.4 Å². The number of piperazine rings is 1. The first-order valence-corrected chi connectivity index (χ1v) is 11.0. The van der Waals surface area contributed by atoms with Gasteiger partial charge >= 0.3 is 0 Å². The number of amides is 1. The predicted octanol–water partition coefficient (Wildman–Crippen LogP) is 3.36. The van der Waals surface area contributed by atoms with Crippen molar-refractivity contribution in [2.45, 2.75) is 4.21 Å². The molecule has 2 aromatic heterocycles. The van der Waals surface area contributed by atoms with E-state index in [0.717, 1.165) is 15.1 Å². The molecule has 0 unspecified atom stereocenters. The van der Waals surface area contributed by atoms with Gasteiger partial charge in [-0.2, -0.15) is 4.31 Å². The molecule has 134 valence electrons. The van der Waals surface area contributed by atoms with Gasteiger partial charge in [-0.1, -0.05) is 23.2 Å². The lowest BCUT2D eigenvalue weighted by molar-refractivity contribution is 0.0692. The van der Waals surface area contributed by atoms with Gasteiger partial charge in [0, 0.05) is 26.2 Å². The average molecular weight is 485 g/mol. The van der Waals surface area contributed by atoms with E-state index in [1.165, 1.54) is 21.3 Å². The first-order chi connectivity index (χ1) is 11.8. The average Bonchev–Trinajstić information content (AvgIpc) is 3.04. The van der Waals surface area contributed by atoms with Crippen LogP contribution in [0.25, 0.3) is 0 Å². The second-order valence-corrected chi connectivity index (χ2v) is 10.6. The Bertz CT molecular complexity index is 912. The second-order valence-electron chi connectivity index (χ2n) is 5.22. The van der Waals surface area contributed by atoms with Crippen molar-refractivity contribution in [1.29, 1.82) is 0 Å². The number of halogens is 3. The summed E-state index contributed by atoms with van der Waals surface area (Å²) in [5, 5.41) is 0.394. The Hall–Kier alpha value is -0.710. The summed E-state index contributed by atoms with van der Waals surface area (Å²) in [7, 11) is -3.55. The topological polar surface area (TPSA) is 70.6 Å². The molecule has 0 aliphatic carbocycles. The predicted molar refractivity (Wildman–Crippen MR) is 101 cm³/mol. The molecule has 1 saturated heterocycles. The number of aromatic nitrogens is 1. The first-order valence-electron chi connectivity index (χ1n) is 7.16. The summed E-state index contributed by atoms with van der Waals surface area (Å²) in [5.74, 6) is -0.358. The highest BCUT2D eigenvalue weighted by Crippen LogP contribution is 2.29. The Morgan fingerprint density at radius 2 is 1.80 bits per heavy atom. The number of hydrogen-bond acceptors (Lipinski definition) is 5. The molecule has 0 aromatic carbocycles. The third kappa shape index (κ3) is 4.01. The highest BCUT2D eigenvalue weighted by Gasteiger charge is 2.32. The van der Waals surface area contributed by atoms with Gasteiger partial charge in [-0.3, -0.25) is 4.79 Å². The Balaban J connectivity index is 1.71. The van der Waals surface area contributed by atoms with Crippen LogP contribution < -0.4 is 0 Å². The van der Waals surface area contributed by atoms with Crippen LogP contribution >= 0.6 is 50.5 Å². The summed E-state index contributed by atoms with van der Waals surface area (Å²) >= 11 is 16.3. The van der Waals surface area contributed by atoms with Crippen molar-refractivity contribution in [3.05, 3.63) is 43.9 Å². The number of pyridine rings is 1. The molecule has 0 atom stereocenters. The third-order valence-electron chi connectivity index (χ3n) is 3.68. The Morgan fingerprint density at radius 1 is 1.12 bits per heavy atom. The molecule has 11 heteroatoms. The zero-order chi connectivity index (χ0) is 18.2. The van der Waals surface area contributed by atoms with E-state index in [4.69, 9.17) is 23.2 Å². The molecule has 6 nitrogen and oxygen atoms in total. The van der Waals surface area contributed by atoms with Gasteiger partial charge in [-0.05, 0) is 40.2 Å². The van der Waals surface area contributed by atoms with Gasteiger partial charge in [0.05, 0.1) is 8.81 Å². The summed E-state index contributed by atoms with van der Waals surface area (Å²) in [6.07, 6.45) is 0. The van der Waals surface area contributed by atoms with E-state index in [-0.39, 0.29) is 52.2 Å². The summed E-state index contributed by atoms with van der Waals surface area (Å²) in [4.78, 5) is 18.1. The molecule has 1 aliphatic rings. The fourth-order valence-electron chi connectivity index (χ4n) is 2.41. The SMILES string of the molecule is O=C(c1nc(Cl)ccc1Cl)N1CCN(S(=O)(=O)c2ccc(Br)s2)CC1. The number of carbonyl (C=O) groups excluding carboxylic acids is 1. The summed E-state index contributed by atoms with van der Waals surface area (Å²) < 4.78 is 27.6. The maximum atomic E-state index is 12.6. The molecule has 1 fully saturated rings. The molecule has 0 saturated carbocycles. The highest BCUT2D eigenvalue weighted by molar-refractivity contribution is 9.11. The van der Waals surface area contributed by atoms with Gasteiger partial charge in [0.1, 0.15) is 15.1 Å². The van der Waals surface area contributed by atoms with Crippen LogP contribution in [0.1, 0.15) is 10.5 Å². The molecular weight excluding hydrogens is 473 g/mol. The van der Waals surface area contributed by atoms with E-state index in [9.17, 15) is 13.2 Å². The van der Waals surface area contributed by atoms with Crippen LogP contribution in [-0.4, -0.2) is 54.7 Å². The minimum atomic E-state index is -3.55. The largest absolute Gasteiger partial charge is 0.335 e. The van der Waals surface area contributed by atoms with Crippen LogP contribution in [0.5, 0.6) is 0 Å². The zero-order valence-electron chi connectivity index (χ0n) is 12.7. The van der Waals surface area contributed by atoms with Crippen LogP contribution in [0.4, 0.5) is 0 Å². The first kappa shape index (κ1) is 19.1. The zero-order valence-corrected chi connectivity index (χ0v) is 17.4. The second kappa shape index (κ2) is 7.50. The Kier molecular flexibility index (Phi) is 5.72. The van der Waals surface area contributed by atoms with Gasteiger partial charge < -0.3 is 4.90 Å². The minimum absolute atomic E-state index is 0.0765. The maximum Gasteiger partial charge on any atom is 0.274 e. The van der Waals surface area contributed by atoms with Gasteiger partial charge in [0.25, 0.3) is 15.9 Å². The number of nitrogens with zero attached hydrogens (tertiary/aromatic N) is 3. The van der Waals surface area contributed by atoms with Crippen LogP contribution in [0.15, 0.2) is 32.3 Å². The summed E-state index contributed by atoms with van der Waals surface area (Å²) in [6, 6.07) is 6.28. The molecule has 3 rings (SSSR count). The van der Waals surface area contributed by atoms with Crippen molar-refractivity contribution in [3.63, 3.8) is 0 Å². The number of carbonyl (C=O) groups is 1. The lowest BCUT2D eigenvalue weighted by Crippen LogP contribution is -2.50. The molecule has 1 amide bonds. The van der Waals surface area contributed by atoms with Gasteiger partial charge in [-0.15, -0.1) is 11.3 Å². The number of hydrogen-bond donors (Lipinski definition) is 0. The number of thiophene rings is 1. The molecule has 3 heterocycles. The van der Waals surface area contributed by atoms with Gasteiger partial charge in [-0.25, -0.2) is 13.4 Å². The third-order valence-corrected chi connectivity index (χ3v) is 8.19. The van der Waals surface area contributed by atoms with E-state index in [2.05, 4.69) is 20.9 Å². The van der Waals surface area contributed by atoms with E-state index in [1.807, 2.05) is 0 Å². The lowest BCUT2D eigenvalue weighted by Gasteiger charge is -2.33. The molecule has 0 radical (unpaired) electrons. The van der Waals surface area contributed by atoms with Crippen LogP contribution in [0.3, 0.4) is 0 Å². The molecular formula is C14H12BrCl2N3O3S2. The van der Waals surface area contributed by atoms with Crippen LogP contribution in [-0.2, 0) is 10.0 Å². The summed E-state index contributed by atoms with van der Waals surface area (Å²) in [5.41, 5.74) is 0.0765. The van der Waals surface area contributed by atoms with Crippen molar-refractivity contribution in [1.82, 2.24) is 14.2 Å². The van der Waals surface area contributed by atoms with Crippen molar-refractivity contribution in [2.24, 2.45) is 0 Å². The summed E-state index contributed by atoms with van der Waals surface area (Å²) in [6.45, 7) is 0.938. The van der Waals surface area contributed by atoms with Crippen molar-refractivity contribution in [2.75, 3.05) is 26.2 Å². The number of sulfonamides is 1. The standard InChI is InChI=1S/C14H12BrCl2N3O3S2/c15-10-2-4-12(24-10)25(22,23)20-7-5-19(6-8-20)14(21)13-9(16)1-3-11(17)18-13/h1-4H,5-8H2. The Morgan fingerprint density at radius 3 is 2.40 bits per heavy atom. The highest BCUT2D eigenvalue weighted by atomic mass is 79.9. The van der Waals surface area contributed by atoms with E-state index in [1.54, 1.807) is 12.1 Å². The van der Waals surface area contributed by atoms with Gasteiger partial charge in [0.15, 0.2) is 0 Å². The van der Waals surface area contributed by atoms with E-state index in [0.29, 0.717) is 0 Å². The van der Waals surface area contributed by atoms with Crippen LogP contribution in [0.2, 0.25) is 10.2 Å². The van der Waals surface area contributed by atoms with Gasteiger partial charge in [0.2, 0.25) is 0 Å². The quantitative estimate of drug-likeness (QED) is 0.626. The monoisotopic (exact) mass is 483 g/mol. The van der Waals surface area contributed by atoms with Crippen molar-refractivity contribution in [3.8, 4) is 0 Å².